The van der Waals surface area contributed by atoms with Gasteiger partial charge in [-0.1, -0.05) is 30.8 Å². The normalized spacial score (nSPS) is 12.2. The standard InChI is InChI=1S/C21H19NO4/c1-2-19(23)22-11-5-6-12-26-14-9-10-17-18(13-14)21(25)16-8-4-3-7-15(16)20(17)24/h2-4,7-10,13H,1,5-6,11-12H2,(H,22,23). The van der Waals surface area contributed by atoms with Gasteiger partial charge >= 0.3 is 0 Å². The van der Waals surface area contributed by atoms with Gasteiger partial charge in [0.1, 0.15) is 5.75 Å². The maximum atomic E-state index is 12.7. The zero-order valence-electron chi connectivity index (χ0n) is 14.3. The highest BCUT2D eigenvalue weighted by Crippen LogP contribution is 2.29. The van der Waals surface area contributed by atoms with E-state index in [1.165, 1.54) is 6.08 Å². The van der Waals surface area contributed by atoms with Gasteiger partial charge in [-0.2, -0.15) is 0 Å². The van der Waals surface area contributed by atoms with Gasteiger partial charge in [0.05, 0.1) is 6.61 Å². The molecule has 1 aliphatic rings. The van der Waals surface area contributed by atoms with Crippen LogP contribution < -0.4 is 10.1 Å². The molecule has 0 aromatic heterocycles. The third-order valence-electron chi connectivity index (χ3n) is 4.22. The number of rotatable bonds is 7. The predicted molar refractivity (Wildman–Crippen MR) is 97.7 cm³/mol. The highest BCUT2D eigenvalue weighted by Gasteiger charge is 2.29. The molecule has 0 bridgehead atoms. The van der Waals surface area contributed by atoms with Crippen molar-refractivity contribution in [3.8, 4) is 5.75 Å². The van der Waals surface area contributed by atoms with Gasteiger partial charge in [0, 0.05) is 28.8 Å². The van der Waals surface area contributed by atoms with E-state index in [0.717, 1.165) is 12.8 Å². The molecular formula is C21H19NO4. The van der Waals surface area contributed by atoms with Gasteiger partial charge in [-0.15, -0.1) is 0 Å². The Balaban J connectivity index is 1.62. The lowest BCUT2D eigenvalue weighted by Crippen LogP contribution is -2.22. The van der Waals surface area contributed by atoms with Crippen molar-refractivity contribution in [3.05, 3.63) is 77.4 Å². The van der Waals surface area contributed by atoms with Crippen molar-refractivity contribution in [1.29, 1.82) is 0 Å². The van der Waals surface area contributed by atoms with Crippen LogP contribution in [-0.4, -0.2) is 30.6 Å². The number of hydrogen-bond acceptors (Lipinski definition) is 4. The van der Waals surface area contributed by atoms with E-state index in [1.807, 2.05) is 0 Å². The summed E-state index contributed by atoms with van der Waals surface area (Å²) in [7, 11) is 0. The van der Waals surface area contributed by atoms with E-state index < -0.39 is 0 Å². The molecule has 1 aliphatic carbocycles. The smallest absolute Gasteiger partial charge is 0.243 e. The van der Waals surface area contributed by atoms with Crippen LogP contribution in [0, 0.1) is 0 Å². The van der Waals surface area contributed by atoms with Crippen molar-refractivity contribution in [1.82, 2.24) is 5.32 Å². The van der Waals surface area contributed by atoms with E-state index in [0.29, 0.717) is 41.2 Å². The Bertz CT molecular complexity index is 885. The summed E-state index contributed by atoms with van der Waals surface area (Å²) >= 11 is 0. The van der Waals surface area contributed by atoms with Crippen molar-refractivity contribution in [2.75, 3.05) is 13.2 Å². The lowest BCUT2D eigenvalue weighted by atomic mass is 9.84. The molecule has 0 fully saturated rings. The third-order valence-corrected chi connectivity index (χ3v) is 4.22. The monoisotopic (exact) mass is 349 g/mol. The second-order valence-corrected chi connectivity index (χ2v) is 5.96. The maximum absolute atomic E-state index is 12.7. The molecular weight excluding hydrogens is 330 g/mol. The lowest BCUT2D eigenvalue weighted by Gasteiger charge is -2.18. The number of fused-ring (bicyclic) bond motifs is 2. The van der Waals surface area contributed by atoms with Gasteiger partial charge in [-0.25, -0.2) is 0 Å². The first-order chi connectivity index (χ1) is 12.6. The molecule has 5 nitrogen and oxygen atoms in total. The number of hydrogen-bond donors (Lipinski definition) is 1. The quantitative estimate of drug-likeness (QED) is 0.526. The number of ketones is 2. The second-order valence-electron chi connectivity index (χ2n) is 5.96. The van der Waals surface area contributed by atoms with Gasteiger partial charge in [-0.05, 0) is 37.1 Å². The van der Waals surface area contributed by atoms with E-state index in [1.54, 1.807) is 42.5 Å². The zero-order valence-corrected chi connectivity index (χ0v) is 14.3. The van der Waals surface area contributed by atoms with Crippen molar-refractivity contribution >= 4 is 17.5 Å². The molecule has 0 spiro atoms. The summed E-state index contributed by atoms with van der Waals surface area (Å²) in [5, 5.41) is 2.70. The Labute approximate surface area is 151 Å². The number of unbranched alkanes of at least 4 members (excludes halogenated alkanes) is 1. The molecule has 0 radical (unpaired) electrons. The lowest BCUT2D eigenvalue weighted by molar-refractivity contribution is -0.116. The minimum Gasteiger partial charge on any atom is -0.494 e. The van der Waals surface area contributed by atoms with Crippen LogP contribution in [0.25, 0.3) is 0 Å². The van der Waals surface area contributed by atoms with Crippen LogP contribution in [0.5, 0.6) is 5.75 Å². The molecule has 0 atom stereocenters. The topological polar surface area (TPSA) is 72.5 Å². The molecule has 0 saturated heterocycles. The summed E-state index contributed by atoms with van der Waals surface area (Å²) in [6, 6.07) is 11.8. The minimum absolute atomic E-state index is 0.139. The third kappa shape index (κ3) is 3.57. The van der Waals surface area contributed by atoms with Crippen LogP contribution in [0.3, 0.4) is 0 Å². The van der Waals surface area contributed by atoms with Crippen molar-refractivity contribution < 1.29 is 19.1 Å². The van der Waals surface area contributed by atoms with Gasteiger partial charge < -0.3 is 10.1 Å². The molecule has 0 saturated carbocycles. The highest BCUT2D eigenvalue weighted by atomic mass is 16.5. The van der Waals surface area contributed by atoms with Crippen LogP contribution in [-0.2, 0) is 4.79 Å². The number of amides is 1. The van der Waals surface area contributed by atoms with Crippen LogP contribution in [0.15, 0.2) is 55.1 Å². The van der Waals surface area contributed by atoms with E-state index >= 15 is 0 Å². The minimum atomic E-state index is -0.191. The maximum Gasteiger partial charge on any atom is 0.243 e. The number of benzene rings is 2. The van der Waals surface area contributed by atoms with Gasteiger partial charge in [0.15, 0.2) is 11.6 Å². The summed E-state index contributed by atoms with van der Waals surface area (Å²) in [6.45, 7) is 4.41. The Hall–Kier alpha value is -3.21. The fourth-order valence-corrected chi connectivity index (χ4v) is 2.87. The van der Waals surface area contributed by atoms with Crippen LogP contribution in [0.1, 0.15) is 44.7 Å². The van der Waals surface area contributed by atoms with Gasteiger partial charge in [-0.3, -0.25) is 14.4 Å². The van der Waals surface area contributed by atoms with Crippen LogP contribution in [0.2, 0.25) is 0 Å². The first kappa shape index (κ1) is 17.6. The van der Waals surface area contributed by atoms with Crippen LogP contribution in [0.4, 0.5) is 0 Å². The Morgan fingerprint density at radius 1 is 0.962 bits per heavy atom. The molecule has 2 aromatic rings. The summed E-state index contributed by atoms with van der Waals surface area (Å²) < 4.78 is 5.68. The fraction of sp³-hybridized carbons (Fsp3) is 0.190. The number of ether oxygens (including phenoxy) is 1. The molecule has 0 heterocycles. The average molecular weight is 349 g/mol. The molecule has 5 heteroatoms. The van der Waals surface area contributed by atoms with Crippen molar-refractivity contribution in [2.45, 2.75) is 12.8 Å². The largest absolute Gasteiger partial charge is 0.494 e. The van der Waals surface area contributed by atoms with E-state index in [2.05, 4.69) is 11.9 Å². The summed E-state index contributed by atoms with van der Waals surface area (Å²) in [5.41, 5.74) is 1.66. The molecule has 1 N–H and O–H groups in total. The SMILES string of the molecule is C=CC(=O)NCCCCOc1ccc2c(c1)C(=O)c1ccccc1C2=O. The van der Waals surface area contributed by atoms with Gasteiger partial charge in [0.25, 0.3) is 0 Å². The van der Waals surface area contributed by atoms with E-state index in [-0.39, 0.29) is 17.5 Å². The molecule has 26 heavy (non-hydrogen) atoms. The van der Waals surface area contributed by atoms with Crippen molar-refractivity contribution in [2.24, 2.45) is 0 Å². The average Bonchev–Trinajstić information content (AvgIpc) is 2.68. The first-order valence-corrected chi connectivity index (χ1v) is 8.47. The number of carbonyl (C=O) groups is 3. The fourth-order valence-electron chi connectivity index (χ4n) is 2.87. The van der Waals surface area contributed by atoms with Gasteiger partial charge in [0.2, 0.25) is 5.91 Å². The van der Waals surface area contributed by atoms with Crippen LogP contribution >= 0.6 is 0 Å². The molecule has 132 valence electrons. The second kappa shape index (κ2) is 7.78. The summed E-state index contributed by atoms with van der Waals surface area (Å²) in [5.74, 6) is 0.0657. The molecule has 2 aromatic carbocycles. The predicted octanol–water partition coefficient (Wildman–Crippen LogP) is 2.92. The summed E-state index contributed by atoms with van der Waals surface area (Å²) in [6.07, 6.45) is 2.76. The number of carbonyl (C=O) groups excluding carboxylic acids is 3. The molecule has 1 amide bonds. The van der Waals surface area contributed by atoms with Crippen molar-refractivity contribution in [3.63, 3.8) is 0 Å². The van der Waals surface area contributed by atoms with E-state index in [4.69, 9.17) is 4.74 Å². The summed E-state index contributed by atoms with van der Waals surface area (Å²) in [4.78, 5) is 36.2. The Kier molecular flexibility index (Phi) is 5.27. The van der Waals surface area contributed by atoms with E-state index in [9.17, 15) is 14.4 Å². The Morgan fingerprint density at radius 3 is 2.31 bits per heavy atom. The highest BCUT2D eigenvalue weighted by molar-refractivity contribution is 6.28. The zero-order chi connectivity index (χ0) is 18.5. The molecule has 0 unspecified atom stereocenters. The molecule has 3 rings (SSSR count). The number of nitrogens with one attached hydrogen (secondary N) is 1. The first-order valence-electron chi connectivity index (χ1n) is 8.47. The molecule has 0 aliphatic heterocycles. The Morgan fingerprint density at radius 2 is 1.62 bits per heavy atom.